The maximum atomic E-state index is 11.4. The molecule has 3 unspecified atom stereocenters. The van der Waals surface area contributed by atoms with Crippen molar-refractivity contribution in [2.75, 3.05) is 0 Å². The molecule has 1 aliphatic carbocycles. The number of Topliss-reactive ketones (excluding diaryl/α,β-unsaturated/α-hetero) is 1. The molecule has 0 aromatic rings. The topological polar surface area (TPSA) is 57.5 Å². The number of carbonyl (C=O) groups excluding carboxylic acids is 1. The van der Waals surface area contributed by atoms with Crippen LogP contribution in [0, 0.1) is 5.92 Å². The summed E-state index contributed by atoms with van der Waals surface area (Å²) in [6.45, 7) is 6.96. The van der Waals surface area contributed by atoms with Gasteiger partial charge in [0, 0.05) is 6.42 Å². The number of hydrogen-bond donors (Lipinski definition) is 2. The van der Waals surface area contributed by atoms with Gasteiger partial charge in [0.05, 0.1) is 6.10 Å². The van der Waals surface area contributed by atoms with E-state index >= 15 is 0 Å². The van der Waals surface area contributed by atoms with Gasteiger partial charge in [0.15, 0.2) is 5.78 Å². The van der Waals surface area contributed by atoms with Crippen LogP contribution in [0.25, 0.3) is 0 Å². The maximum absolute atomic E-state index is 11.4. The lowest BCUT2D eigenvalue weighted by atomic mass is 9.74. The lowest BCUT2D eigenvalue weighted by molar-refractivity contribution is -0.155. The molecule has 1 fully saturated rings. The molecule has 0 aliphatic heterocycles. The highest BCUT2D eigenvalue weighted by Gasteiger charge is 2.44. The summed E-state index contributed by atoms with van der Waals surface area (Å²) in [7, 11) is 0. The first-order valence-electron chi connectivity index (χ1n) is 4.45. The summed E-state index contributed by atoms with van der Waals surface area (Å²) in [5.41, 5.74) is -0.672. The third-order valence-corrected chi connectivity index (χ3v) is 2.85. The van der Waals surface area contributed by atoms with Gasteiger partial charge in [0.2, 0.25) is 0 Å². The lowest BCUT2D eigenvalue weighted by Crippen LogP contribution is -2.52. The Bertz CT molecular complexity index is 243. The summed E-state index contributed by atoms with van der Waals surface area (Å²) in [6.07, 6.45) is -0.247. The Morgan fingerprint density at radius 2 is 2.23 bits per heavy atom. The van der Waals surface area contributed by atoms with Crippen LogP contribution in [0.5, 0.6) is 0 Å². The van der Waals surface area contributed by atoms with E-state index in [1.165, 1.54) is 6.92 Å². The number of aliphatic hydroxyl groups excluding tert-OH is 1. The molecule has 2 N–H and O–H groups in total. The molecular weight excluding hydrogens is 168 g/mol. The lowest BCUT2D eigenvalue weighted by Gasteiger charge is -2.36. The van der Waals surface area contributed by atoms with Gasteiger partial charge in [-0.15, -0.1) is 0 Å². The van der Waals surface area contributed by atoms with Crippen molar-refractivity contribution in [3.05, 3.63) is 12.2 Å². The van der Waals surface area contributed by atoms with Crippen LogP contribution in [0.15, 0.2) is 12.2 Å². The monoisotopic (exact) mass is 184 g/mol. The Hall–Kier alpha value is -0.670. The van der Waals surface area contributed by atoms with Crippen LogP contribution in [-0.2, 0) is 4.79 Å². The van der Waals surface area contributed by atoms with E-state index in [9.17, 15) is 15.0 Å². The molecule has 1 aliphatic rings. The van der Waals surface area contributed by atoms with Gasteiger partial charge in [-0.1, -0.05) is 12.2 Å². The van der Waals surface area contributed by atoms with E-state index in [1.54, 1.807) is 0 Å². The minimum absolute atomic E-state index is 0.0164. The second kappa shape index (κ2) is 3.24. The molecule has 0 aromatic carbocycles. The highest BCUT2D eigenvalue weighted by atomic mass is 16.3. The van der Waals surface area contributed by atoms with Crippen LogP contribution < -0.4 is 0 Å². The normalized spacial score (nSPS) is 40.5. The van der Waals surface area contributed by atoms with Gasteiger partial charge in [0.1, 0.15) is 5.60 Å². The Kier molecular flexibility index (Phi) is 2.59. The van der Waals surface area contributed by atoms with Crippen molar-refractivity contribution in [3.63, 3.8) is 0 Å². The van der Waals surface area contributed by atoms with Crippen LogP contribution >= 0.6 is 0 Å². The molecule has 3 nitrogen and oxygen atoms in total. The van der Waals surface area contributed by atoms with Crippen molar-refractivity contribution in [1.82, 2.24) is 0 Å². The van der Waals surface area contributed by atoms with E-state index < -0.39 is 11.7 Å². The van der Waals surface area contributed by atoms with Crippen LogP contribution in [0.4, 0.5) is 0 Å². The average Bonchev–Trinajstić information content (AvgIpc) is 2.00. The van der Waals surface area contributed by atoms with E-state index in [-0.39, 0.29) is 11.7 Å². The van der Waals surface area contributed by atoms with Crippen molar-refractivity contribution in [2.45, 2.75) is 38.4 Å². The SMILES string of the molecule is C=C(C)C1CC(=O)C(C)(O)C(O)C1. The van der Waals surface area contributed by atoms with Gasteiger partial charge in [-0.2, -0.15) is 0 Å². The van der Waals surface area contributed by atoms with Gasteiger partial charge in [-0.05, 0) is 26.2 Å². The fraction of sp³-hybridized carbons (Fsp3) is 0.700. The number of aliphatic hydroxyl groups is 2. The molecular formula is C10H16O3. The number of rotatable bonds is 1. The van der Waals surface area contributed by atoms with Crippen LogP contribution in [0.1, 0.15) is 26.7 Å². The molecule has 0 spiro atoms. The Balaban J connectivity index is 2.79. The number of ketones is 1. The second-order valence-electron chi connectivity index (χ2n) is 4.07. The van der Waals surface area contributed by atoms with Crippen molar-refractivity contribution >= 4 is 5.78 Å². The smallest absolute Gasteiger partial charge is 0.167 e. The largest absolute Gasteiger partial charge is 0.390 e. The third-order valence-electron chi connectivity index (χ3n) is 2.85. The molecule has 0 aromatic heterocycles. The fourth-order valence-corrected chi connectivity index (χ4v) is 1.57. The third kappa shape index (κ3) is 1.81. The second-order valence-corrected chi connectivity index (χ2v) is 4.07. The minimum atomic E-state index is -1.56. The number of hydrogen-bond acceptors (Lipinski definition) is 3. The quantitative estimate of drug-likeness (QED) is 0.588. The zero-order valence-corrected chi connectivity index (χ0v) is 8.08. The predicted molar refractivity (Wildman–Crippen MR) is 49.2 cm³/mol. The molecule has 13 heavy (non-hydrogen) atoms. The van der Waals surface area contributed by atoms with Crippen molar-refractivity contribution < 1.29 is 15.0 Å². The molecule has 1 rings (SSSR count). The molecule has 0 heterocycles. The summed E-state index contributed by atoms with van der Waals surface area (Å²) in [5.74, 6) is -0.276. The van der Waals surface area contributed by atoms with E-state index in [0.29, 0.717) is 12.8 Å². The van der Waals surface area contributed by atoms with Crippen molar-refractivity contribution in [1.29, 1.82) is 0 Å². The standard InChI is InChI=1S/C10H16O3/c1-6(2)7-4-8(11)10(3,13)9(12)5-7/h7-8,11,13H,1,4-5H2,2-3H3. The zero-order chi connectivity index (χ0) is 10.2. The highest BCUT2D eigenvalue weighted by Crippen LogP contribution is 2.32. The fourth-order valence-electron chi connectivity index (χ4n) is 1.57. The van der Waals surface area contributed by atoms with Gasteiger partial charge in [-0.3, -0.25) is 4.79 Å². The first-order valence-corrected chi connectivity index (χ1v) is 4.45. The van der Waals surface area contributed by atoms with Crippen molar-refractivity contribution in [2.24, 2.45) is 5.92 Å². The van der Waals surface area contributed by atoms with Crippen molar-refractivity contribution in [3.8, 4) is 0 Å². The molecule has 0 radical (unpaired) electrons. The summed E-state index contributed by atoms with van der Waals surface area (Å²) >= 11 is 0. The number of allylic oxidation sites excluding steroid dienone is 1. The Morgan fingerprint density at radius 1 is 1.69 bits per heavy atom. The molecule has 74 valence electrons. The molecule has 3 heteroatoms. The van der Waals surface area contributed by atoms with E-state index in [0.717, 1.165) is 5.57 Å². The van der Waals surface area contributed by atoms with E-state index in [1.807, 2.05) is 6.92 Å². The number of carbonyl (C=O) groups is 1. The summed E-state index contributed by atoms with van der Waals surface area (Å²) < 4.78 is 0. The summed E-state index contributed by atoms with van der Waals surface area (Å²) in [6, 6.07) is 0. The van der Waals surface area contributed by atoms with Gasteiger partial charge >= 0.3 is 0 Å². The predicted octanol–water partition coefficient (Wildman–Crippen LogP) is 0.653. The Labute approximate surface area is 78.1 Å². The maximum Gasteiger partial charge on any atom is 0.167 e. The molecule has 1 saturated carbocycles. The van der Waals surface area contributed by atoms with Crippen LogP contribution in [-0.4, -0.2) is 27.7 Å². The summed E-state index contributed by atoms with van der Waals surface area (Å²) in [5, 5.41) is 19.1. The van der Waals surface area contributed by atoms with Crippen LogP contribution in [0.3, 0.4) is 0 Å². The minimum Gasteiger partial charge on any atom is -0.390 e. The van der Waals surface area contributed by atoms with Gasteiger partial charge < -0.3 is 10.2 Å². The first-order chi connectivity index (χ1) is 5.85. The summed E-state index contributed by atoms with van der Waals surface area (Å²) in [4.78, 5) is 11.4. The highest BCUT2D eigenvalue weighted by molar-refractivity contribution is 5.88. The first kappa shape index (κ1) is 10.4. The van der Waals surface area contributed by atoms with Crippen LogP contribution in [0.2, 0.25) is 0 Å². The molecule has 3 atom stereocenters. The molecule has 0 amide bonds. The van der Waals surface area contributed by atoms with Gasteiger partial charge in [0.25, 0.3) is 0 Å². The Morgan fingerprint density at radius 3 is 2.62 bits per heavy atom. The van der Waals surface area contributed by atoms with E-state index in [4.69, 9.17) is 0 Å². The zero-order valence-electron chi connectivity index (χ0n) is 8.08. The van der Waals surface area contributed by atoms with E-state index in [2.05, 4.69) is 6.58 Å². The molecule has 0 bridgehead atoms. The average molecular weight is 184 g/mol. The van der Waals surface area contributed by atoms with Gasteiger partial charge in [-0.25, -0.2) is 0 Å². The molecule has 0 saturated heterocycles.